The highest BCUT2D eigenvalue weighted by Crippen LogP contribution is 2.34. The van der Waals surface area contributed by atoms with Gasteiger partial charge in [-0.1, -0.05) is 11.6 Å². The maximum atomic E-state index is 13.9. The first-order valence-corrected chi connectivity index (χ1v) is 5.30. The van der Waals surface area contributed by atoms with Crippen LogP contribution in [0.3, 0.4) is 0 Å². The smallest absolute Gasteiger partial charge is 0.349 e. The molecule has 5 heteroatoms. The van der Waals surface area contributed by atoms with Crippen LogP contribution >= 0.6 is 22.9 Å². The molecule has 0 fully saturated rings. The highest BCUT2D eigenvalue weighted by molar-refractivity contribution is 7.16. The molecule has 0 aliphatic rings. The van der Waals surface area contributed by atoms with Gasteiger partial charge in [0.25, 0.3) is 0 Å². The molecule has 0 aliphatic carbocycles. The molecular weight excluding hydrogens is 227 g/mol. The van der Waals surface area contributed by atoms with Crippen molar-refractivity contribution < 1.29 is 13.9 Å². The van der Waals surface area contributed by atoms with Crippen molar-refractivity contribution in [2.24, 2.45) is 0 Å². The minimum atomic E-state index is -2.10. The van der Waals surface area contributed by atoms with Gasteiger partial charge in [-0.3, -0.25) is 0 Å². The zero-order chi connectivity index (χ0) is 10.8. The van der Waals surface area contributed by atoms with E-state index in [1.165, 1.54) is 13.0 Å². The zero-order valence-electron chi connectivity index (χ0n) is 7.84. The Bertz CT molecular complexity index is 335. The maximum Gasteiger partial charge on any atom is 0.349 e. The Hall–Kier alpha value is -0.610. The molecule has 14 heavy (non-hydrogen) atoms. The van der Waals surface area contributed by atoms with E-state index in [1.807, 2.05) is 0 Å². The summed E-state index contributed by atoms with van der Waals surface area (Å²) < 4.78 is 19.0. The maximum absolute atomic E-state index is 13.9. The molecule has 0 radical (unpaired) electrons. The Morgan fingerprint density at radius 1 is 1.71 bits per heavy atom. The Kier molecular flexibility index (Phi) is 3.50. The van der Waals surface area contributed by atoms with Gasteiger partial charge in [-0.2, -0.15) is 0 Å². The van der Waals surface area contributed by atoms with E-state index in [1.54, 1.807) is 13.0 Å². The van der Waals surface area contributed by atoms with Crippen molar-refractivity contribution in [1.29, 1.82) is 0 Å². The minimum absolute atomic E-state index is 0.164. The molecule has 0 saturated heterocycles. The van der Waals surface area contributed by atoms with E-state index in [0.717, 1.165) is 11.3 Å². The third-order valence-corrected chi connectivity index (χ3v) is 3.12. The fraction of sp³-hybridized carbons (Fsp3) is 0.444. The van der Waals surface area contributed by atoms with Gasteiger partial charge < -0.3 is 4.74 Å². The van der Waals surface area contributed by atoms with E-state index >= 15 is 0 Å². The van der Waals surface area contributed by atoms with Crippen molar-refractivity contribution in [3.63, 3.8) is 0 Å². The lowest BCUT2D eigenvalue weighted by Gasteiger charge is -2.16. The Labute approximate surface area is 90.6 Å². The predicted molar refractivity (Wildman–Crippen MR) is 54.4 cm³/mol. The molecule has 1 heterocycles. The number of thiophene rings is 1. The van der Waals surface area contributed by atoms with Crippen LogP contribution in [0.5, 0.6) is 0 Å². The van der Waals surface area contributed by atoms with Crippen LogP contribution in [0.1, 0.15) is 18.7 Å². The van der Waals surface area contributed by atoms with Crippen LogP contribution in [0.15, 0.2) is 12.1 Å². The summed E-state index contributed by atoms with van der Waals surface area (Å²) in [6.07, 6.45) is 0. The molecule has 0 N–H and O–H groups in total. The van der Waals surface area contributed by atoms with Crippen LogP contribution in [0.2, 0.25) is 4.34 Å². The third kappa shape index (κ3) is 2.25. The topological polar surface area (TPSA) is 26.3 Å². The fourth-order valence-electron chi connectivity index (χ4n) is 0.934. The molecule has 0 aromatic carbocycles. The predicted octanol–water partition coefficient (Wildman–Crippen LogP) is 3.15. The van der Waals surface area contributed by atoms with Gasteiger partial charge in [-0.15, -0.1) is 11.3 Å². The minimum Gasteiger partial charge on any atom is -0.463 e. The normalized spacial score (nSPS) is 14.9. The van der Waals surface area contributed by atoms with Crippen molar-refractivity contribution >= 4 is 28.9 Å². The lowest BCUT2D eigenvalue weighted by Crippen LogP contribution is -2.28. The van der Waals surface area contributed by atoms with Gasteiger partial charge >= 0.3 is 5.97 Å². The average Bonchev–Trinajstić information content (AvgIpc) is 2.52. The van der Waals surface area contributed by atoms with E-state index in [-0.39, 0.29) is 11.5 Å². The number of esters is 1. The highest BCUT2D eigenvalue weighted by Gasteiger charge is 2.38. The number of rotatable bonds is 3. The monoisotopic (exact) mass is 236 g/mol. The summed E-state index contributed by atoms with van der Waals surface area (Å²) in [6.45, 7) is 2.97. The van der Waals surface area contributed by atoms with E-state index in [4.69, 9.17) is 11.6 Å². The molecule has 1 rings (SSSR count). The average molecular weight is 237 g/mol. The summed E-state index contributed by atoms with van der Waals surface area (Å²) in [5, 5.41) is 0. The second-order valence-corrected chi connectivity index (χ2v) is 4.54. The highest BCUT2D eigenvalue weighted by atomic mass is 35.5. The first-order chi connectivity index (χ1) is 6.48. The van der Waals surface area contributed by atoms with Crippen molar-refractivity contribution in [3.05, 3.63) is 21.3 Å². The van der Waals surface area contributed by atoms with Gasteiger partial charge in [0, 0.05) is 0 Å². The van der Waals surface area contributed by atoms with Crippen LogP contribution in [-0.2, 0) is 15.2 Å². The molecule has 0 bridgehead atoms. The van der Waals surface area contributed by atoms with Crippen LogP contribution < -0.4 is 0 Å². The van der Waals surface area contributed by atoms with E-state index in [9.17, 15) is 9.18 Å². The SMILES string of the molecule is CCOC(=O)C(C)(F)c1ccc(Cl)s1. The number of carbonyl (C=O) groups is 1. The first-order valence-electron chi connectivity index (χ1n) is 4.10. The molecule has 0 amide bonds. The number of carbonyl (C=O) groups excluding carboxylic acids is 1. The second-order valence-electron chi connectivity index (χ2n) is 2.83. The van der Waals surface area contributed by atoms with Crippen molar-refractivity contribution in [3.8, 4) is 0 Å². The van der Waals surface area contributed by atoms with Gasteiger partial charge in [-0.25, -0.2) is 9.18 Å². The summed E-state index contributed by atoms with van der Waals surface area (Å²) in [6, 6.07) is 3.04. The van der Waals surface area contributed by atoms with Crippen molar-refractivity contribution in [1.82, 2.24) is 0 Å². The second kappa shape index (κ2) is 4.28. The summed E-state index contributed by atoms with van der Waals surface area (Å²) in [4.78, 5) is 11.5. The quantitative estimate of drug-likeness (QED) is 0.754. The molecule has 1 aromatic heterocycles. The Morgan fingerprint density at radius 3 is 2.79 bits per heavy atom. The summed E-state index contributed by atoms with van der Waals surface area (Å²) in [5.74, 6) is -0.876. The number of halogens is 2. The molecular formula is C9H10ClFO2S. The van der Waals surface area contributed by atoms with Gasteiger partial charge in [0.05, 0.1) is 15.8 Å². The van der Waals surface area contributed by atoms with E-state index < -0.39 is 11.6 Å². The molecule has 1 atom stereocenters. The van der Waals surface area contributed by atoms with Gasteiger partial charge in [0.15, 0.2) is 0 Å². The summed E-state index contributed by atoms with van der Waals surface area (Å²) >= 11 is 6.69. The molecule has 0 spiro atoms. The number of hydrogen-bond donors (Lipinski definition) is 0. The van der Waals surface area contributed by atoms with Gasteiger partial charge in [0.2, 0.25) is 5.67 Å². The van der Waals surface area contributed by atoms with E-state index in [0.29, 0.717) is 4.34 Å². The fourth-order valence-corrected chi connectivity index (χ4v) is 2.00. The lowest BCUT2D eigenvalue weighted by atomic mass is 10.1. The largest absolute Gasteiger partial charge is 0.463 e. The standard InChI is InChI=1S/C9H10ClFO2S/c1-3-13-8(12)9(2,11)6-4-5-7(10)14-6/h4-5H,3H2,1-2H3. The van der Waals surface area contributed by atoms with E-state index in [2.05, 4.69) is 4.74 Å². The summed E-state index contributed by atoms with van der Waals surface area (Å²) in [7, 11) is 0. The first kappa shape index (κ1) is 11.5. The Morgan fingerprint density at radius 2 is 2.36 bits per heavy atom. The van der Waals surface area contributed by atoms with Crippen LogP contribution in [0.25, 0.3) is 0 Å². The van der Waals surface area contributed by atoms with Crippen LogP contribution in [-0.4, -0.2) is 12.6 Å². The molecule has 0 saturated carbocycles. The number of ether oxygens (including phenoxy) is 1. The lowest BCUT2D eigenvalue weighted by molar-refractivity contribution is -0.156. The number of hydrogen-bond acceptors (Lipinski definition) is 3. The Balaban J connectivity index is 2.89. The summed E-state index contributed by atoms with van der Waals surface area (Å²) in [5.41, 5.74) is -2.10. The van der Waals surface area contributed by atoms with Crippen LogP contribution in [0, 0.1) is 0 Å². The number of alkyl halides is 1. The molecule has 2 nitrogen and oxygen atoms in total. The van der Waals surface area contributed by atoms with Gasteiger partial charge in [-0.05, 0) is 26.0 Å². The van der Waals surface area contributed by atoms with Gasteiger partial charge in [0.1, 0.15) is 0 Å². The van der Waals surface area contributed by atoms with Crippen molar-refractivity contribution in [2.75, 3.05) is 6.61 Å². The molecule has 0 aliphatic heterocycles. The van der Waals surface area contributed by atoms with Crippen molar-refractivity contribution in [2.45, 2.75) is 19.5 Å². The third-order valence-electron chi connectivity index (χ3n) is 1.69. The van der Waals surface area contributed by atoms with Crippen LogP contribution in [0.4, 0.5) is 4.39 Å². The molecule has 1 unspecified atom stereocenters. The molecule has 78 valence electrons. The zero-order valence-corrected chi connectivity index (χ0v) is 9.41. The molecule has 1 aromatic rings.